The summed E-state index contributed by atoms with van der Waals surface area (Å²) in [7, 11) is 0. The molecule has 0 aromatic rings. The van der Waals surface area contributed by atoms with Gasteiger partial charge in [0.2, 0.25) is 0 Å². The largest absolute Gasteiger partial charge is 0.347 e. The molecule has 1 aliphatic heterocycles. The Balaban J connectivity index is 2.92. The summed E-state index contributed by atoms with van der Waals surface area (Å²) in [5.41, 5.74) is -0.417. The van der Waals surface area contributed by atoms with Crippen molar-refractivity contribution < 1.29 is 14.4 Å². The Bertz CT molecular complexity index is 217. The predicted octanol–water partition coefficient (Wildman–Crippen LogP) is 1.30. The number of carbonyl (C=O) groups excluding carboxylic acids is 1. The Morgan fingerprint density at radius 1 is 1.36 bits per heavy atom. The van der Waals surface area contributed by atoms with E-state index in [1.807, 2.05) is 20.8 Å². The molecule has 1 heterocycles. The fraction of sp³-hybridized carbons (Fsp3) is 0.909. The Kier molecular flexibility index (Phi) is 3.32. The first-order valence-electron chi connectivity index (χ1n) is 5.50. The minimum atomic E-state index is -0.417. The van der Waals surface area contributed by atoms with Crippen LogP contribution in [0.15, 0.2) is 0 Å². The van der Waals surface area contributed by atoms with Crippen LogP contribution < -0.4 is 0 Å². The van der Waals surface area contributed by atoms with Gasteiger partial charge in [-0.05, 0) is 13.8 Å². The number of hydrogen-bond acceptors (Lipinski definition) is 2. The highest BCUT2D eigenvalue weighted by molar-refractivity contribution is 5.86. The molecular formula is C11H22NO2+. The number of Topliss-reactive ketones (excluding diaryl/α,β-unsaturated/α-hetero) is 1. The maximum Gasteiger partial charge on any atom is 0.192 e. The van der Waals surface area contributed by atoms with E-state index in [0.717, 1.165) is 25.9 Å². The average molecular weight is 200 g/mol. The number of aliphatic hydroxyl groups is 1. The summed E-state index contributed by atoms with van der Waals surface area (Å²) in [6.07, 6.45) is 2.81. The number of carbonyl (C=O) groups is 1. The molecular weight excluding hydrogens is 178 g/mol. The fourth-order valence-electron chi connectivity index (χ4n) is 2.52. The first-order chi connectivity index (χ1) is 6.50. The van der Waals surface area contributed by atoms with Crippen LogP contribution in [0.1, 0.15) is 40.0 Å². The van der Waals surface area contributed by atoms with Crippen molar-refractivity contribution in [3.8, 4) is 0 Å². The maximum absolute atomic E-state index is 11.9. The van der Waals surface area contributed by atoms with Gasteiger partial charge < -0.3 is 5.11 Å². The van der Waals surface area contributed by atoms with Gasteiger partial charge >= 0.3 is 0 Å². The van der Waals surface area contributed by atoms with E-state index in [9.17, 15) is 9.90 Å². The molecule has 0 aromatic carbocycles. The molecule has 0 aliphatic carbocycles. The monoisotopic (exact) mass is 200 g/mol. The number of likely N-dealkylation sites (tertiary alicyclic amines) is 1. The van der Waals surface area contributed by atoms with Crippen LogP contribution in [0.3, 0.4) is 0 Å². The molecule has 0 unspecified atom stereocenters. The Morgan fingerprint density at radius 2 is 1.86 bits per heavy atom. The molecule has 1 saturated heterocycles. The van der Waals surface area contributed by atoms with Crippen LogP contribution in [0.4, 0.5) is 0 Å². The van der Waals surface area contributed by atoms with Crippen LogP contribution in [0.25, 0.3) is 0 Å². The van der Waals surface area contributed by atoms with E-state index in [2.05, 4.69) is 0 Å². The summed E-state index contributed by atoms with van der Waals surface area (Å²) in [5.74, 6) is 0.258. The molecule has 1 fully saturated rings. The van der Waals surface area contributed by atoms with Gasteiger partial charge in [-0.1, -0.05) is 6.92 Å². The van der Waals surface area contributed by atoms with Gasteiger partial charge in [-0.25, -0.2) is 0 Å². The Morgan fingerprint density at radius 3 is 2.21 bits per heavy atom. The molecule has 3 nitrogen and oxygen atoms in total. The van der Waals surface area contributed by atoms with Crippen molar-refractivity contribution in [1.82, 2.24) is 0 Å². The van der Waals surface area contributed by atoms with Gasteiger partial charge in [0.25, 0.3) is 0 Å². The van der Waals surface area contributed by atoms with Crippen molar-refractivity contribution in [2.45, 2.75) is 45.6 Å². The highest BCUT2D eigenvalue weighted by atomic mass is 16.3. The molecule has 14 heavy (non-hydrogen) atoms. The molecule has 0 saturated carbocycles. The first kappa shape index (κ1) is 11.7. The van der Waals surface area contributed by atoms with Gasteiger partial charge in [0.05, 0.1) is 13.1 Å². The summed E-state index contributed by atoms with van der Waals surface area (Å²) in [6.45, 7) is 7.82. The van der Waals surface area contributed by atoms with Gasteiger partial charge in [-0.15, -0.1) is 0 Å². The zero-order valence-corrected chi connectivity index (χ0v) is 9.55. The molecule has 0 aromatic heterocycles. The lowest BCUT2D eigenvalue weighted by molar-refractivity contribution is -0.968. The highest BCUT2D eigenvalue weighted by Gasteiger charge is 2.49. The lowest BCUT2D eigenvalue weighted by Gasteiger charge is -2.44. The summed E-state index contributed by atoms with van der Waals surface area (Å²) in [5, 5.41) is 9.52. The predicted molar refractivity (Wildman–Crippen MR) is 55.7 cm³/mol. The topological polar surface area (TPSA) is 37.3 Å². The zero-order valence-electron chi connectivity index (χ0n) is 9.55. The van der Waals surface area contributed by atoms with Crippen molar-refractivity contribution >= 4 is 5.78 Å². The number of nitrogens with zero attached hydrogens (tertiary/aromatic N) is 1. The van der Waals surface area contributed by atoms with Gasteiger partial charge in [0.1, 0.15) is 0 Å². The smallest absolute Gasteiger partial charge is 0.192 e. The Hall–Kier alpha value is -0.410. The van der Waals surface area contributed by atoms with Gasteiger partial charge in [0.15, 0.2) is 18.1 Å². The van der Waals surface area contributed by atoms with E-state index in [1.54, 1.807) is 0 Å². The molecule has 1 N–H and O–H groups in total. The second-order valence-electron chi connectivity index (χ2n) is 4.78. The fourth-order valence-corrected chi connectivity index (χ4v) is 2.52. The van der Waals surface area contributed by atoms with Gasteiger partial charge in [-0.2, -0.15) is 0 Å². The van der Waals surface area contributed by atoms with Crippen LogP contribution >= 0.6 is 0 Å². The molecule has 82 valence electrons. The number of aliphatic hydroxyl groups excluding tert-OH is 1. The molecule has 1 aliphatic rings. The van der Waals surface area contributed by atoms with Gasteiger partial charge in [-0.3, -0.25) is 9.28 Å². The van der Waals surface area contributed by atoms with Crippen molar-refractivity contribution in [1.29, 1.82) is 0 Å². The van der Waals surface area contributed by atoms with Crippen LogP contribution in [-0.4, -0.2) is 40.7 Å². The van der Waals surface area contributed by atoms with Crippen LogP contribution in [0.5, 0.6) is 0 Å². The summed E-state index contributed by atoms with van der Waals surface area (Å²) >= 11 is 0. The minimum Gasteiger partial charge on any atom is -0.347 e. The lowest BCUT2D eigenvalue weighted by atomic mass is 9.92. The lowest BCUT2D eigenvalue weighted by Crippen LogP contribution is -2.64. The molecule has 0 amide bonds. The summed E-state index contributed by atoms with van der Waals surface area (Å²) in [6, 6.07) is 0. The third-order valence-corrected chi connectivity index (χ3v) is 3.88. The highest BCUT2D eigenvalue weighted by Crippen LogP contribution is 2.32. The average Bonchev–Trinajstić information content (AvgIpc) is 2.66. The first-order valence-corrected chi connectivity index (χ1v) is 5.50. The summed E-state index contributed by atoms with van der Waals surface area (Å²) in [4.78, 5) is 11.9. The van der Waals surface area contributed by atoms with Crippen molar-refractivity contribution in [2.75, 3.05) is 19.8 Å². The van der Waals surface area contributed by atoms with Crippen LogP contribution in [0.2, 0.25) is 0 Å². The SMILES string of the molecule is CCC(=O)C(C)(C)[N+]1(CO)CCCC1. The van der Waals surface area contributed by atoms with Crippen molar-refractivity contribution in [2.24, 2.45) is 0 Å². The molecule has 3 heteroatoms. The van der Waals surface area contributed by atoms with Crippen molar-refractivity contribution in [3.63, 3.8) is 0 Å². The number of rotatable bonds is 4. The standard InChI is InChI=1S/C11H22NO2/c1-4-10(14)11(2,3)12(9-13)7-5-6-8-12/h13H,4-9H2,1-3H3/q+1. The molecule has 0 bridgehead atoms. The quantitative estimate of drug-likeness (QED) is 0.695. The van der Waals surface area contributed by atoms with E-state index in [4.69, 9.17) is 0 Å². The molecule has 1 rings (SSSR count). The van der Waals surface area contributed by atoms with Crippen LogP contribution in [0, 0.1) is 0 Å². The van der Waals surface area contributed by atoms with Gasteiger partial charge in [0, 0.05) is 19.3 Å². The van der Waals surface area contributed by atoms with Crippen molar-refractivity contribution in [3.05, 3.63) is 0 Å². The van der Waals surface area contributed by atoms with E-state index in [0.29, 0.717) is 10.9 Å². The third-order valence-electron chi connectivity index (χ3n) is 3.88. The zero-order chi connectivity index (χ0) is 10.8. The van der Waals surface area contributed by atoms with E-state index in [1.165, 1.54) is 0 Å². The van der Waals surface area contributed by atoms with Crippen LogP contribution in [-0.2, 0) is 4.79 Å². The molecule has 0 radical (unpaired) electrons. The van der Waals surface area contributed by atoms with E-state index < -0.39 is 5.54 Å². The van der Waals surface area contributed by atoms with E-state index >= 15 is 0 Å². The second kappa shape index (κ2) is 3.99. The Labute approximate surface area is 86.3 Å². The normalized spacial score (nSPS) is 21.1. The number of ketones is 1. The third kappa shape index (κ3) is 1.59. The molecule has 0 atom stereocenters. The minimum absolute atomic E-state index is 0.0960. The second-order valence-corrected chi connectivity index (χ2v) is 4.78. The maximum atomic E-state index is 11.9. The number of quaternary nitrogens is 1. The van der Waals surface area contributed by atoms with E-state index in [-0.39, 0.29) is 12.5 Å². The number of hydrogen-bond donors (Lipinski definition) is 1. The molecule has 0 spiro atoms. The summed E-state index contributed by atoms with van der Waals surface area (Å²) < 4.78 is 0.569.